The fourth-order valence-corrected chi connectivity index (χ4v) is 2.31. The molecule has 0 aliphatic rings. The third-order valence-electron chi connectivity index (χ3n) is 2.96. The van der Waals surface area contributed by atoms with Crippen LogP contribution >= 0.6 is 15.9 Å². The molecule has 0 aliphatic heterocycles. The molecule has 0 atom stereocenters. The molecule has 0 unspecified atom stereocenters. The molecule has 3 aromatic rings. The van der Waals surface area contributed by atoms with Crippen molar-refractivity contribution in [3.05, 3.63) is 57.4 Å². The fourth-order valence-electron chi connectivity index (χ4n) is 1.94. The molecule has 0 saturated heterocycles. The number of benzene rings is 1. The number of aryl methyl sites for hydroxylation is 1. The quantitative estimate of drug-likeness (QED) is 0.691. The molecule has 1 aromatic carbocycles. The van der Waals surface area contributed by atoms with Crippen LogP contribution in [0, 0.1) is 5.82 Å². The van der Waals surface area contributed by atoms with Gasteiger partial charge in [-0.15, -0.1) is 0 Å². The molecule has 0 N–H and O–H groups in total. The Bertz CT molecular complexity index is 838. The maximum atomic E-state index is 13.2. The predicted octanol–water partition coefficient (Wildman–Crippen LogP) is 2.63. The molecular weight excluding hydrogens is 313 g/mol. The van der Waals surface area contributed by atoms with E-state index < -0.39 is 0 Å². The summed E-state index contributed by atoms with van der Waals surface area (Å²) in [5.41, 5.74) is 1.67. The molecule has 6 heteroatoms. The van der Waals surface area contributed by atoms with E-state index in [2.05, 4.69) is 20.9 Å². The van der Waals surface area contributed by atoms with E-state index in [9.17, 15) is 9.18 Å². The lowest BCUT2D eigenvalue weighted by Crippen LogP contribution is -2.15. The van der Waals surface area contributed by atoms with E-state index in [-0.39, 0.29) is 11.4 Å². The summed E-state index contributed by atoms with van der Waals surface area (Å²) in [6.45, 7) is 0. The van der Waals surface area contributed by atoms with Crippen LogP contribution in [-0.2, 0) is 7.05 Å². The number of hydrogen-bond donors (Lipinski definition) is 0. The third-order valence-corrected chi connectivity index (χ3v) is 3.57. The Kier molecular flexibility index (Phi) is 2.74. The second kappa shape index (κ2) is 4.31. The summed E-state index contributed by atoms with van der Waals surface area (Å²) in [5.74, 6) is -0.330. The number of aromatic nitrogens is 3. The van der Waals surface area contributed by atoms with Crippen molar-refractivity contribution in [1.82, 2.24) is 14.1 Å². The van der Waals surface area contributed by atoms with Gasteiger partial charge in [0.05, 0.1) is 9.99 Å². The van der Waals surface area contributed by atoms with Crippen molar-refractivity contribution >= 4 is 27.0 Å². The second-order valence-corrected chi connectivity index (χ2v) is 5.03. The minimum absolute atomic E-state index is 0.155. The van der Waals surface area contributed by atoms with Crippen LogP contribution in [0.1, 0.15) is 0 Å². The van der Waals surface area contributed by atoms with Crippen LogP contribution in [-0.4, -0.2) is 14.1 Å². The Morgan fingerprint density at radius 1 is 1.32 bits per heavy atom. The maximum Gasteiger partial charge on any atom is 0.278 e. The van der Waals surface area contributed by atoms with Crippen molar-refractivity contribution in [2.24, 2.45) is 7.05 Å². The molecule has 2 aromatic heterocycles. The van der Waals surface area contributed by atoms with Gasteiger partial charge in [0, 0.05) is 18.9 Å². The van der Waals surface area contributed by atoms with Gasteiger partial charge in [0.2, 0.25) is 0 Å². The lowest BCUT2D eigenvalue weighted by Gasteiger charge is -2.05. The maximum absolute atomic E-state index is 13.2. The molecule has 0 saturated carbocycles. The van der Waals surface area contributed by atoms with E-state index in [1.165, 1.54) is 10.6 Å². The Morgan fingerprint density at radius 3 is 2.84 bits per heavy atom. The van der Waals surface area contributed by atoms with Crippen LogP contribution in [0.4, 0.5) is 4.39 Å². The first kappa shape index (κ1) is 12.1. The van der Waals surface area contributed by atoms with Crippen molar-refractivity contribution in [3.63, 3.8) is 0 Å². The molecule has 3 rings (SSSR count). The van der Waals surface area contributed by atoms with Crippen molar-refractivity contribution in [3.8, 4) is 5.69 Å². The lowest BCUT2D eigenvalue weighted by atomic mass is 10.3. The minimum Gasteiger partial charge on any atom is -0.317 e. The largest absolute Gasteiger partial charge is 0.317 e. The van der Waals surface area contributed by atoms with E-state index >= 15 is 0 Å². The van der Waals surface area contributed by atoms with E-state index in [1.54, 1.807) is 42.3 Å². The summed E-state index contributed by atoms with van der Waals surface area (Å²) in [4.78, 5) is 16.0. The summed E-state index contributed by atoms with van der Waals surface area (Å²) in [7, 11) is 1.68. The number of fused-ring (bicyclic) bond motifs is 1. The molecule has 96 valence electrons. The highest BCUT2D eigenvalue weighted by molar-refractivity contribution is 9.10. The highest BCUT2D eigenvalue weighted by Gasteiger charge is 2.09. The molecule has 0 bridgehead atoms. The number of hydrogen-bond acceptors (Lipinski definition) is 2. The molecule has 0 aliphatic carbocycles. The van der Waals surface area contributed by atoms with Crippen molar-refractivity contribution < 1.29 is 4.39 Å². The number of halogens is 2. The van der Waals surface area contributed by atoms with Crippen LogP contribution in [0.5, 0.6) is 0 Å². The topological polar surface area (TPSA) is 39.8 Å². The van der Waals surface area contributed by atoms with Gasteiger partial charge in [-0.05, 0) is 40.2 Å². The summed E-state index contributed by atoms with van der Waals surface area (Å²) in [5, 5.41) is 0. The summed E-state index contributed by atoms with van der Waals surface area (Å²) in [6, 6.07) is 6.46. The van der Waals surface area contributed by atoms with E-state index in [4.69, 9.17) is 0 Å². The van der Waals surface area contributed by atoms with E-state index in [0.29, 0.717) is 15.5 Å². The molecule has 0 amide bonds. The van der Waals surface area contributed by atoms with Gasteiger partial charge in [0.1, 0.15) is 12.1 Å². The van der Waals surface area contributed by atoms with Crippen molar-refractivity contribution in [2.75, 3.05) is 0 Å². The SMILES string of the molecule is Cn1ccc2c(ncn2-c2ccc(F)c(Br)c2)c1=O. The van der Waals surface area contributed by atoms with Crippen LogP contribution in [0.3, 0.4) is 0 Å². The lowest BCUT2D eigenvalue weighted by molar-refractivity contribution is 0.620. The fraction of sp³-hybridized carbons (Fsp3) is 0.0769. The van der Waals surface area contributed by atoms with E-state index in [0.717, 1.165) is 5.69 Å². The minimum atomic E-state index is -0.330. The summed E-state index contributed by atoms with van der Waals surface area (Å²) < 4.78 is 16.8. The average molecular weight is 322 g/mol. The Morgan fingerprint density at radius 2 is 2.11 bits per heavy atom. The molecule has 19 heavy (non-hydrogen) atoms. The van der Waals surface area contributed by atoms with Crippen LogP contribution in [0.25, 0.3) is 16.7 Å². The first-order valence-electron chi connectivity index (χ1n) is 5.56. The molecule has 4 nitrogen and oxygen atoms in total. The Balaban J connectivity index is 2.29. The Hall–Kier alpha value is -1.95. The van der Waals surface area contributed by atoms with Gasteiger partial charge in [-0.3, -0.25) is 9.36 Å². The number of rotatable bonds is 1. The van der Waals surface area contributed by atoms with Gasteiger partial charge < -0.3 is 4.57 Å². The number of nitrogens with zero attached hydrogens (tertiary/aromatic N) is 3. The highest BCUT2D eigenvalue weighted by Crippen LogP contribution is 2.21. The van der Waals surface area contributed by atoms with Gasteiger partial charge in [-0.25, -0.2) is 9.37 Å². The second-order valence-electron chi connectivity index (χ2n) is 4.18. The monoisotopic (exact) mass is 321 g/mol. The highest BCUT2D eigenvalue weighted by atomic mass is 79.9. The first-order valence-corrected chi connectivity index (χ1v) is 6.35. The molecule has 0 radical (unpaired) electrons. The smallest absolute Gasteiger partial charge is 0.278 e. The third kappa shape index (κ3) is 1.88. The van der Waals surface area contributed by atoms with Gasteiger partial charge in [0.15, 0.2) is 5.52 Å². The van der Waals surface area contributed by atoms with Gasteiger partial charge in [-0.2, -0.15) is 0 Å². The predicted molar refractivity (Wildman–Crippen MR) is 74.0 cm³/mol. The summed E-state index contributed by atoms with van der Waals surface area (Å²) in [6.07, 6.45) is 3.24. The molecular formula is C13H9BrFN3O. The van der Waals surface area contributed by atoms with Crippen molar-refractivity contribution in [2.45, 2.75) is 0 Å². The zero-order valence-electron chi connectivity index (χ0n) is 9.97. The normalized spacial score (nSPS) is 11.1. The van der Waals surface area contributed by atoms with E-state index in [1.807, 2.05) is 0 Å². The van der Waals surface area contributed by atoms with Gasteiger partial charge in [0.25, 0.3) is 5.56 Å². The van der Waals surface area contributed by atoms with Gasteiger partial charge in [-0.1, -0.05) is 0 Å². The Labute approximate surface area is 116 Å². The number of pyridine rings is 1. The number of imidazole rings is 1. The molecule has 0 fully saturated rings. The van der Waals surface area contributed by atoms with Crippen molar-refractivity contribution in [1.29, 1.82) is 0 Å². The standard InChI is InChI=1S/C13H9BrFN3O/c1-17-5-4-11-12(13(17)19)16-7-18(11)8-2-3-10(15)9(14)6-8/h2-7H,1H3. The van der Waals surface area contributed by atoms with Crippen LogP contribution < -0.4 is 5.56 Å². The van der Waals surface area contributed by atoms with Crippen LogP contribution in [0.15, 0.2) is 46.1 Å². The summed E-state index contributed by atoms with van der Waals surface area (Å²) >= 11 is 3.15. The average Bonchev–Trinajstić information content (AvgIpc) is 2.82. The van der Waals surface area contributed by atoms with Crippen LogP contribution in [0.2, 0.25) is 0 Å². The first-order chi connectivity index (χ1) is 9.08. The zero-order valence-corrected chi connectivity index (χ0v) is 11.6. The zero-order chi connectivity index (χ0) is 13.6. The molecule has 2 heterocycles. The van der Waals surface area contributed by atoms with Gasteiger partial charge >= 0.3 is 0 Å². The molecule has 0 spiro atoms.